The van der Waals surface area contributed by atoms with Crippen LogP contribution in [-0.4, -0.2) is 19.7 Å². The minimum Gasteiger partial charge on any atom is -0.337 e. The SMILES string of the molecule is Cn1ccnc1-c1noc(C(N)C(C)(C)C)n1. The Morgan fingerprint density at radius 2 is 2.12 bits per heavy atom. The molecule has 0 radical (unpaired) electrons. The van der Waals surface area contributed by atoms with E-state index in [0.717, 1.165) is 0 Å². The molecule has 2 heterocycles. The van der Waals surface area contributed by atoms with Gasteiger partial charge >= 0.3 is 0 Å². The molecule has 6 heteroatoms. The molecule has 17 heavy (non-hydrogen) atoms. The molecule has 0 spiro atoms. The van der Waals surface area contributed by atoms with Crippen molar-refractivity contribution in [2.24, 2.45) is 18.2 Å². The summed E-state index contributed by atoms with van der Waals surface area (Å²) in [6, 6.07) is -0.288. The molecule has 1 atom stereocenters. The average Bonchev–Trinajstić information content (AvgIpc) is 2.83. The zero-order valence-corrected chi connectivity index (χ0v) is 10.5. The number of hydrogen-bond donors (Lipinski definition) is 1. The first-order valence-corrected chi connectivity index (χ1v) is 5.46. The van der Waals surface area contributed by atoms with Crippen LogP contribution < -0.4 is 5.73 Å². The van der Waals surface area contributed by atoms with Crippen molar-refractivity contribution in [2.45, 2.75) is 26.8 Å². The largest absolute Gasteiger partial charge is 0.337 e. The van der Waals surface area contributed by atoms with Crippen molar-refractivity contribution in [3.8, 4) is 11.6 Å². The topological polar surface area (TPSA) is 82.8 Å². The van der Waals surface area contributed by atoms with Gasteiger partial charge in [-0.1, -0.05) is 25.9 Å². The zero-order chi connectivity index (χ0) is 12.6. The van der Waals surface area contributed by atoms with E-state index in [9.17, 15) is 0 Å². The Morgan fingerprint density at radius 1 is 1.41 bits per heavy atom. The highest BCUT2D eigenvalue weighted by molar-refractivity contribution is 5.42. The highest BCUT2D eigenvalue weighted by atomic mass is 16.5. The normalized spacial score (nSPS) is 13.9. The molecule has 6 nitrogen and oxygen atoms in total. The summed E-state index contributed by atoms with van der Waals surface area (Å²) in [4.78, 5) is 8.45. The molecule has 2 N–H and O–H groups in total. The monoisotopic (exact) mass is 235 g/mol. The molecule has 2 aromatic rings. The van der Waals surface area contributed by atoms with E-state index >= 15 is 0 Å². The molecule has 2 aromatic heterocycles. The van der Waals surface area contributed by atoms with Crippen LogP contribution in [0, 0.1) is 5.41 Å². The third kappa shape index (κ3) is 2.21. The lowest BCUT2D eigenvalue weighted by atomic mass is 9.87. The van der Waals surface area contributed by atoms with Gasteiger partial charge in [0, 0.05) is 19.4 Å². The summed E-state index contributed by atoms with van der Waals surface area (Å²) in [6.07, 6.45) is 3.52. The molecule has 0 saturated heterocycles. The van der Waals surface area contributed by atoms with Gasteiger partial charge in [0.1, 0.15) is 0 Å². The fourth-order valence-electron chi connectivity index (χ4n) is 1.40. The van der Waals surface area contributed by atoms with Gasteiger partial charge in [-0.15, -0.1) is 0 Å². The van der Waals surface area contributed by atoms with Crippen LogP contribution in [0.4, 0.5) is 0 Å². The fraction of sp³-hybridized carbons (Fsp3) is 0.545. The van der Waals surface area contributed by atoms with Crippen LogP contribution in [0.1, 0.15) is 32.7 Å². The average molecular weight is 235 g/mol. The van der Waals surface area contributed by atoms with Gasteiger partial charge in [-0.2, -0.15) is 4.98 Å². The van der Waals surface area contributed by atoms with Crippen LogP contribution in [0.25, 0.3) is 11.6 Å². The lowest BCUT2D eigenvalue weighted by Gasteiger charge is -2.23. The van der Waals surface area contributed by atoms with Gasteiger partial charge in [-0.3, -0.25) is 0 Å². The second-order valence-electron chi connectivity index (χ2n) is 5.16. The van der Waals surface area contributed by atoms with Crippen LogP contribution in [0.3, 0.4) is 0 Å². The highest BCUT2D eigenvalue weighted by Crippen LogP contribution is 2.30. The van der Waals surface area contributed by atoms with E-state index in [4.69, 9.17) is 10.3 Å². The van der Waals surface area contributed by atoms with Gasteiger partial charge in [0.05, 0.1) is 6.04 Å². The molecule has 0 fully saturated rings. The molecule has 0 amide bonds. The summed E-state index contributed by atoms with van der Waals surface area (Å²) in [5.41, 5.74) is 5.93. The summed E-state index contributed by atoms with van der Waals surface area (Å²) in [7, 11) is 1.88. The number of imidazole rings is 1. The standard InChI is InChI=1S/C11H17N5O/c1-11(2,3)7(12)10-14-8(15-17-10)9-13-5-6-16(9)4/h5-7H,12H2,1-4H3. The van der Waals surface area contributed by atoms with Crippen LogP contribution in [0.5, 0.6) is 0 Å². The Hall–Kier alpha value is -1.69. The Kier molecular flexibility index (Phi) is 2.74. The summed E-state index contributed by atoms with van der Waals surface area (Å²) in [5, 5.41) is 3.90. The summed E-state index contributed by atoms with van der Waals surface area (Å²) in [6.45, 7) is 6.09. The zero-order valence-electron chi connectivity index (χ0n) is 10.5. The maximum atomic E-state index is 6.05. The molecule has 0 bridgehead atoms. The Bertz CT molecular complexity index is 508. The minimum absolute atomic E-state index is 0.120. The van der Waals surface area contributed by atoms with Crippen LogP contribution in [-0.2, 0) is 7.05 Å². The third-order valence-corrected chi connectivity index (χ3v) is 2.66. The van der Waals surface area contributed by atoms with Crippen molar-refractivity contribution in [3.63, 3.8) is 0 Å². The van der Waals surface area contributed by atoms with Crippen molar-refractivity contribution in [1.82, 2.24) is 19.7 Å². The first-order chi connectivity index (χ1) is 7.89. The summed E-state index contributed by atoms with van der Waals surface area (Å²) < 4.78 is 7.02. The van der Waals surface area contributed by atoms with Gasteiger partial charge in [-0.25, -0.2) is 4.98 Å². The van der Waals surface area contributed by atoms with Gasteiger partial charge < -0.3 is 14.8 Å². The minimum atomic E-state index is -0.288. The molecular weight excluding hydrogens is 218 g/mol. The summed E-state index contributed by atoms with van der Waals surface area (Å²) >= 11 is 0. The smallest absolute Gasteiger partial charge is 0.244 e. The van der Waals surface area contributed by atoms with Crippen molar-refractivity contribution >= 4 is 0 Å². The van der Waals surface area contributed by atoms with Crippen molar-refractivity contribution < 1.29 is 4.52 Å². The first kappa shape index (κ1) is 11.8. The Morgan fingerprint density at radius 3 is 2.65 bits per heavy atom. The van der Waals surface area contributed by atoms with Crippen LogP contribution >= 0.6 is 0 Å². The summed E-state index contributed by atoms with van der Waals surface area (Å²) in [5.74, 6) is 1.57. The van der Waals surface area contributed by atoms with Crippen molar-refractivity contribution in [2.75, 3.05) is 0 Å². The van der Waals surface area contributed by atoms with Crippen LogP contribution in [0.15, 0.2) is 16.9 Å². The number of aromatic nitrogens is 4. The van der Waals surface area contributed by atoms with Gasteiger partial charge in [0.25, 0.3) is 0 Å². The molecular formula is C11H17N5O. The maximum Gasteiger partial charge on any atom is 0.244 e. The molecule has 0 saturated carbocycles. The van der Waals surface area contributed by atoms with E-state index in [2.05, 4.69) is 15.1 Å². The molecule has 0 aliphatic heterocycles. The maximum absolute atomic E-state index is 6.05. The second kappa shape index (κ2) is 3.96. The predicted molar refractivity (Wildman–Crippen MR) is 62.9 cm³/mol. The highest BCUT2D eigenvalue weighted by Gasteiger charge is 2.28. The van der Waals surface area contributed by atoms with Gasteiger partial charge in [0.2, 0.25) is 11.7 Å². The Balaban J connectivity index is 2.31. The van der Waals surface area contributed by atoms with E-state index in [1.54, 1.807) is 6.20 Å². The Labute approximate surface area is 99.8 Å². The molecule has 0 aromatic carbocycles. The number of aryl methyl sites for hydroxylation is 1. The molecule has 92 valence electrons. The molecule has 0 aliphatic rings. The van der Waals surface area contributed by atoms with E-state index in [1.165, 1.54) is 0 Å². The predicted octanol–water partition coefficient (Wildman–Crippen LogP) is 1.52. The quantitative estimate of drug-likeness (QED) is 0.853. The third-order valence-electron chi connectivity index (χ3n) is 2.66. The van der Waals surface area contributed by atoms with E-state index in [0.29, 0.717) is 17.5 Å². The lowest BCUT2D eigenvalue weighted by molar-refractivity contribution is 0.253. The molecule has 2 rings (SSSR count). The number of hydrogen-bond acceptors (Lipinski definition) is 5. The van der Waals surface area contributed by atoms with E-state index in [1.807, 2.05) is 38.6 Å². The van der Waals surface area contributed by atoms with E-state index < -0.39 is 0 Å². The molecule has 1 unspecified atom stereocenters. The molecule has 0 aliphatic carbocycles. The van der Waals surface area contributed by atoms with Crippen LogP contribution in [0.2, 0.25) is 0 Å². The first-order valence-electron chi connectivity index (χ1n) is 5.46. The van der Waals surface area contributed by atoms with Gasteiger partial charge in [-0.05, 0) is 5.41 Å². The van der Waals surface area contributed by atoms with Crippen molar-refractivity contribution in [1.29, 1.82) is 0 Å². The number of nitrogens with two attached hydrogens (primary N) is 1. The number of nitrogens with zero attached hydrogens (tertiary/aromatic N) is 4. The van der Waals surface area contributed by atoms with Gasteiger partial charge in [0.15, 0.2) is 5.82 Å². The fourth-order valence-corrected chi connectivity index (χ4v) is 1.40. The second-order valence-corrected chi connectivity index (χ2v) is 5.16. The van der Waals surface area contributed by atoms with Crippen molar-refractivity contribution in [3.05, 3.63) is 18.3 Å². The number of rotatable bonds is 2. The lowest BCUT2D eigenvalue weighted by Crippen LogP contribution is -2.26. The van der Waals surface area contributed by atoms with E-state index in [-0.39, 0.29) is 11.5 Å².